The van der Waals surface area contributed by atoms with Crippen molar-refractivity contribution < 1.29 is 4.57 Å². The summed E-state index contributed by atoms with van der Waals surface area (Å²) in [7, 11) is -1.59. The highest BCUT2D eigenvalue weighted by Crippen LogP contribution is 2.31. The van der Waals surface area contributed by atoms with Crippen LogP contribution in [0.15, 0.2) is 66.7 Å². The molecule has 114 valence electrons. The van der Waals surface area contributed by atoms with Gasteiger partial charge in [0.05, 0.1) is 0 Å². The fourth-order valence-corrected chi connectivity index (χ4v) is 4.19. The molecule has 1 atom stereocenters. The zero-order valence-electron chi connectivity index (χ0n) is 13.7. The first-order chi connectivity index (χ1) is 11.1. The molecule has 0 amide bonds. The minimum absolute atomic E-state index is 0.872. The SMILES string of the molecule is Cc1ccc(-c2ccccc2[P+](=O)c2ccccc2)c(C)c1C. The maximum atomic E-state index is 13.1. The normalized spacial score (nSPS) is 11.3. The molecule has 0 aliphatic heterocycles. The van der Waals surface area contributed by atoms with Gasteiger partial charge in [-0.15, -0.1) is 0 Å². The van der Waals surface area contributed by atoms with Crippen molar-refractivity contribution in [2.45, 2.75) is 20.8 Å². The van der Waals surface area contributed by atoms with Crippen LogP contribution in [0.5, 0.6) is 0 Å². The van der Waals surface area contributed by atoms with Gasteiger partial charge in [-0.3, -0.25) is 0 Å². The third-order valence-corrected chi connectivity index (χ3v) is 6.06. The molecular weight excluding hydrogens is 299 g/mol. The van der Waals surface area contributed by atoms with Gasteiger partial charge in [-0.2, -0.15) is 0 Å². The zero-order chi connectivity index (χ0) is 16.4. The molecule has 0 saturated carbocycles. The second kappa shape index (κ2) is 6.48. The third kappa shape index (κ3) is 2.98. The largest absolute Gasteiger partial charge is 0.415 e. The highest BCUT2D eigenvalue weighted by molar-refractivity contribution is 7.61. The summed E-state index contributed by atoms with van der Waals surface area (Å²) in [6.45, 7) is 6.42. The van der Waals surface area contributed by atoms with Crippen molar-refractivity contribution >= 4 is 18.4 Å². The van der Waals surface area contributed by atoms with Crippen LogP contribution in [0.4, 0.5) is 0 Å². The van der Waals surface area contributed by atoms with E-state index in [1.165, 1.54) is 22.3 Å². The average Bonchev–Trinajstić information content (AvgIpc) is 2.60. The van der Waals surface area contributed by atoms with Crippen molar-refractivity contribution in [1.82, 2.24) is 0 Å². The van der Waals surface area contributed by atoms with Crippen LogP contribution in [0, 0.1) is 20.8 Å². The van der Waals surface area contributed by atoms with E-state index >= 15 is 0 Å². The van der Waals surface area contributed by atoms with Crippen LogP contribution in [-0.4, -0.2) is 0 Å². The fraction of sp³-hybridized carbons (Fsp3) is 0.143. The van der Waals surface area contributed by atoms with Crippen molar-refractivity contribution in [2.75, 3.05) is 0 Å². The van der Waals surface area contributed by atoms with Gasteiger partial charge in [-0.05, 0) is 67.3 Å². The first-order valence-corrected chi connectivity index (χ1v) is 9.04. The van der Waals surface area contributed by atoms with Crippen LogP contribution in [0.2, 0.25) is 0 Å². The molecule has 1 unspecified atom stereocenters. The van der Waals surface area contributed by atoms with Gasteiger partial charge in [0.25, 0.3) is 0 Å². The molecule has 3 rings (SSSR count). The molecular formula is C21H20OP+. The van der Waals surface area contributed by atoms with E-state index in [0.717, 1.165) is 16.2 Å². The van der Waals surface area contributed by atoms with Crippen molar-refractivity contribution in [2.24, 2.45) is 0 Å². The smallest absolute Gasteiger partial charge is 0.0619 e. The molecule has 0 radical (unpaired) electrons. The molecule has 3 aromatic rings. The minimum Gasteiger partial charge on any atom is -0.0619 e. The lowest BCUT2D eigenvalue weighted by atomic mass is 9.94. The second-order valence-electron chi connectivity index (χ2n) is 5.83. The van der Waals surface area contributed by atoms with Crippen LogP contribution >= 0.6 is 7.80 Å². The van der Waals surface area contributed by atoms with Crippen LogP contribution in [-0.2, 0) is 4.57 Å². The summed E-state index contributed by atoms with van der Waals surface area (Å²) in [6.07, 6.45) is 0. The molecule has 3 aromatic carbocycles. The van der Waals surface area contributed by atoms with E-state index in [2.05, 4.69) is 39.0 Å². The maximum absolute atomic E-state index is 13.1. The van der Waals surface area contributed by atoms with Crippen molar-refractivity contribution in [1.29, 1.82) is 0 Å². The Morgan fingerprint density at radius 3 is 2.04 bits per heavy atom. The first-order valence-electron chi connectivity index (χ1n) is 7.78. The maximum Gasteiger partial charge on any atom is 0.415 e. The quantitative estimate of drug-likeness (QED) is 0.617. The molecule has 0 N–H and O–H groups in total. The van der Waals surface area contributed by atoms with Crippen LogP contribution in [0.3, 0.4) is 0 Å². The Bertz CT molecular complexity index is 866. The summed E-state index contributed by atoms with van der Waals surface area (Å²) >= 11 is 0. The summed E-state index contributed by atoms with van der Waals surface area (Å²) < 4.78 is 13.1. The molecule has 0 fully saturated rings. The molecule has 0 bridgehead atoms. The van der Waals surface area contributed by atoms with Gasteiger partial charge in [0.15, 0.2) is 5.30 Å². The van der Waals surface area contributed by atoms with Gasteiger partial charge in [0.2, 0.25) is 5.30 Å². The van der Waals surface area contributed by atoms with Gasteiger partial charge >= 0.3 is 7.80 Å². The van der Waals surface area contributed by atoms with Crippen LogP contribution in [0.1, 0.15) is 16.7 Å². The summed E-state index contributed by atoms with van der Waals surface area (Å²) in [5, 5.41) is 1.77. The zero-order valence-corrected chi connectivity index (χ0v) is 14.6. The Hall–Kier alpha value is -2.24. The number of hydrogen-bond acceptors (Lipinski definition) is 1. The molecule has 0 aliphatic rings. The highest BCUT2D eigenvalue weighted by atomic mass is 31.1. The molecule has 1 nitrogen and oxygen atoms in total. The lowest BCUT2D eigenvalue weighted by Crippen LogP contribution is -2.09. The molecule has 2 heteroatoms. The number of rotatable bonds is 3. The molecule has 0 aromatic heterocycles. The Balaban J connectivity index is 2.16. The number of hydrogen-bond donors (Lipinski definition) is 0. The van der Waals surface area contributed by atoms with Crippen molar-refractivity contribution in [3.05, 3.63) is 83.4 Å². The predicted molar refractivity (Wildman–Crippen MR) is 99.4 cm³/mol. The molecule has 0 aliphatic carbocycles. The predicted octanol–water partition coefficient (Wildman–Crippen LogP) is 5.06. The summed E-state index contributed by atoms with van der Waals surface area (Å²) in [6, 6.07) is 22.0. The van der Waals surface area contributed by atoms with E-state index in [9.17, 15) is 4.57 Å². The monoisotopic (exact) mass is 319 g/mol. The van der Waals surface area contributed by atoms with Crippen LogP contribution in [0.25, 0.3) is 11.1 Å². The minimum atomic E-state index is -1.59. The Morgan fingerprint density at radius 2 is 1.30 bits per heavy atom. The summed E-state index contributed by atoms with van der Waals surface area (Å²) in [5.41, 5.74) is 6.08. The van der Waals surface area contributed by atoms with E-state index in [1.807, 2.05) is 48.5 Å². The topological polar surface area (TPSA) is 17.1 Å². The van der Waals surface area contributed by atoms with Gasteiger partial charge in [-0.1, -0.05) is 47.0 Å². The Labute approximate surface area is 138 Å². The number of benzene rings is 3. The molecule has 0 spiro atoms. The fourth-order valence-electron chi connectivity index (χ4n) is 2.83. The Morgan fingerprint density at radius 1 is 0.652 bits per heavy atom. The Kier molecular flexibility index (Phi) is 4.41. The van der Waals surface area contributed by atoms with Gasteiger partial charge < -0.3 is 0 Å². The molecule has 0 saturated heterocycles. The average molecular weight is 319 g/mol. The summed E-state index contributed by atoms with van der Waals surface area (Å²) in [4.78, 5) is 0. The highest BCUT2D eigenvalue weighted by Gasteiger charge is 2.27. The lowest BCUT2D eigenvalue weighted by Gasteiger charge is -2.11. The van der Waals surface area contributed by atoms with E-state index in [1.54, 1.807) is 0 Å². The van der Waals surface area contributed by atoms with E-state index in [-0.39, 0.29) is 0 Å². The van der Waals surface area contributed by atoms with E-state index in [4.69, 9.17) is 0 Å². The summed E-state index contributed by atoms with van der Waals surface area (Å²) in [5.74, 6) is 0. The van der Waals surface area contributed by atoms with E-state index in [0.29, 0.717) is 0 Å². The van der Waals surface area contributed by atoms with Gasteiger partial charge in [0, 0.05) is 5.56 Å². The standard InChI is InChI=1S/C21H20OP/c1-15-13-14-19(17(3)16(15)2)20-11-7-8-12-21(20)23(22)18-9-5-4-6-10-18/h4-14H,1-3H3/q+1. The second-order valence-corrected chi connectivity index (χ2v) is 7.41. The third-order valence-electron chi connectivity index (χ3n) is 4.46. The van der Waals surface area contributed by atoms with E-state index < -0.39 is 7.80 Å². The van der Waals surface area contributed by atoms with Gasteiger partial charge in [-0.25, -0.2) is 0 Å². The first kappa shape index (κ1) is 15.6. The van der Waals surface area contributed by atoms with Crippen molar-refractivity contribution in [3.8, 4) is 11.1 Å². The van der Waals surface area contributed by atoms with Crippen molar-refractivity contribution in [3.63, 3.8) is 0 Å². The lowest BCUT2D eigenvalue weighted by molar-refractivity contribution is 0.598. The van der Waals surface area contributed by atoms with Gasteiger partial charge in [0.1, 0.15) is 0 Å². The molecule has 0 heterocycles. The molecule has 23 heavy (non-hydrogen) atoms. The van der Waals surface area contributed by atoms with Crippen LogP contribution < -0.4 is 10.6 Å². The number of aryl methyl sites for hydroxylation is 1.